The van der Waals surface area contributed by atoms with Crippen LogP contribution in [-0.4, -0.2) is 6.04 Å². The molecule has 1 aromatic carbocycles. The van der Waals surface area contributed by atoms with Gasteiger partial charge in [-0.1, -0.05) is 30.3 Å². The molecule has 1 nitrogen and oxygen atoms in total. The maximum Gasteiger partial charge on any atom is 0.127 e. The molecule has 0 aliphatic carbocycles. The number of benzene rings is 1. The van der Waals surface area contributed by atoms with E-state index >= 15 is 0 Å². The van der Waals surface area contributed by atoms with E-state index in [1.807, 2.05) is 25.1 Å². The molecule has 0 amide bonds. The van der Waals surface area contributed by atoms with E-state index in [0.29, 0.717) is 6.42 Å². The Bertz CT molecular complexity index is 221. The van der Waals surface area contributed by atoms with Crippen LogP contribution in [0.3, 0.4) is 0 Å². The highest BCUT2D eigenvalue weighted by Crippen LogP contribution is 2.21. The molecule has 0 aliphatic rings. The lowest BCUT2D eigenvalue weighted by Gasteiger charge is -2.10. The summed E-state index contributed by atoms with van der Waals surface area (Å²) in [5, 5.41) is 0. The van der Waals surface area contributed by atoms with Crippen molar-refractivity contribution in [2.75, 3.05) is 0 Å². The number of nitrogens with two attached hydrogens (primary N) is 1. The molecule has 1 aromatic rings. The molecule has 2 atom stereocenters. The molecule has 2 unspecified atom stereocenters. The molecule has 0 saturated heterocycles. The van der Waals surface area contributed by atoms with Crippen LogP contribution in [0.4, 0.5) is 4.39 Å². The van der Waals surface area contributed by atoms with Gasteiger partial charge >= 0.3 is 0 Å². The Labute approximate surface area is 72.4 Å². The minimum absolute atomic E-state index is 0.0831. The minimum Gasteiger partial charge on any atom is -0.328 e. The fourth-order valence-electron chi connectivity index (χ4n) is 1.12. The minimum atomic E-state index is -0.925. The van der Waals surface area contributed by atoms with Crippen molar-refractivity contribution in [3.05, 3.63) is 35.9 Å². The van der Waals surface area contributed by atoms with Gasteiger partial charge in [-0.3, -0.25) is 0 Å². The van der Waals surface area contributed by atoms with Crippen LogP contribution in [-0.2, 0) is 0 Å². The van der Waals surface area contributed by atoms with E-state index in [0.717, 1.165) is 5.56 Å². The maximum absolute atomic E-state index is 13.3. The van der Waals surface area contributed by atoms with Crippen molar-refractivity contribution in [2.45, 2.75) is 25.6 Å². The van der Waals surface area contributed by atoms with Crippen LogP contribution in [0, 0.1) is 0 Å². The van der Waals surface area contributed by atoms with Gasteiger partial charge < -0.3 is 5.73 Å². The molecule has 0 spiro atoms. The van der Waals surface area contributed by atoms with E-state index in [-0.39, 0.29) is 6.04 Å². The first kappa shape index (κ1) is 9.20. The van der Waals surface area contributed by atoms with Crippen LogP contribution >= 0.6 is 0 Å². The Kier molecular flexibility index (Phi) is 3.23. The number of alkyl halides is 1. The topological polar surface area (TPSA) is 26.0 Å². The Morgan fingerprint density at radius 1 is 1.33 bits per heavy atom. The summed E-state index contributed by atoms with van der Waals surface area (Å²) in [4.78, 5) is 0. The predicted molar refractivity (Wildman–Crippen MR) is 48.6 cm³/mol. The second kappa shape index (κ2) is 4.21. The molecule has 0 aromatic heterocycles. The molecule has 2 heteroatoms. The van der Waals surface area contributed by atoms with E-state index in [9.17, 15) is 4.39 Å². The Morgan fingerprint density at radius 3 is 2.42 bits per heavy atom. The zero-order valence-corrected chi connectivity index (χ0v) is 7.20. The van der Waals surface area contributed by atoms with E-state index in [4.69, 9.17) is 5.73 Å². The second-order valence-corrected chi connectivity index (χ2v) is 3.09. The molecule has 2 N–H and O–H groups in total. The number of hydrogen-bond donors (Lipinski definition) is 1. The van der Waals surface area contributed by atoms with Gasteiger partial charge in [0, 0.05) is 6.04 Å². The normalized spacial score (nSPS) is 15.6. The smallest absolute Gasteiger partial charge is 0.127 e. The van der Waals surface area contributed by atoms with E-state index in [2.05, 4.69) is 0 Å². The lowest BCUT2D eigenvalue weighted by atomic mass is 10.1. The first-order chi connectivity index (χ1) is 5.70. The summed E-state index contributed by atoms with van der Waals surface area (Å²) in [5.41, 5.74) is 6.21. The molecule has 0 saturated carbocycles. The number of halogens is 1. The van der Waals surface area contributed by atoms with Crippen LogP contribution in [0.1, 0.15) is 25.1 Å². The van der Waals surface area contributed by atoms with Gasteiger partial charge in [-0.2, -0.15) is 0 Å². The summed E-state index contributed by atoms with van der Waals surface area (Å²) >= 11 is 0. The lowest BCUT2D eigenvalue weighted by Crippen LogP contribution is -2.16. The van der Waals surface area contributed by atoms with Crippen LogP contribution in [0.5, 0.6) is 0 Å². The Balaban J connectivity index is 2.59. The predicted octanol–water partition coefficient (Wildman–Crippen LogP) is 2.43. The van der Waals surface area contributed by atoms with Crippen molar-refractivity contribution < 1.29 is 4.39 Å². The quantitative estimate of drug-likeness (QED) is 0.735. The maximum atomic E-state index is 13.3. The molecule has 0 heterocycles. The molecule has 0 bridgehead atoms. The fraction of sp³-hybridized carbons (Fsp3) is 0.400. The lowest BCUT2D eigenvalue weighted by molar-refractivity contribution is 0.307. The van der Waals surface area contributed by atoms with Crippen LogP contribution in [0.25, 0.3) is 0 Å². The van der Waals surface area contributed by atoms with Crippen LogP contribution in [0.2, 0.25) is 0 Å². The van der Waals surface area contributed by atoms with Crippen molar-refractivity contribution in [3.63, 3.8) is 0 Å². The van der Waals surface area contributed by atoms with Gasteiger partial charge in [-0.15, -0.1) is 0 Å². The summed E-state index contributed by atoms with van der Waals surface area (Å²) in [6.07, 6.45) is -0.532. The van der Waals surface area contributed by atoms with E-state index in [1.165, 1.54) is 0 Å². The molecule has 0 aliphatic heterocycles. The van der Waals surface area contributed by atoms with Gasteiger partial charge in [0.1, 0.15) is 6.17 Å². The van der Waals surface area contributed by atoms with E-state index in [1.54, 1.807) is 12.1 Å². The monoisotopic (exact) mass is 167 g/mol. The fourth-order valence-corrected chi connectivity index (χ4v) is 1.12. The summed E-state index contributed by atoms with van der Waals surface area (Å²) in [5.74, 6) is 0. The van der Waals surface area contributed by atoms with Crippen molar-refractivity contribution in [2.24, 2.45) is 5.73 Å². The highest BCUT2D eigenvalue weighted by Gasteiger charge is 2.10. The third-order valence-corrected chi connectivity index (χ3v) is 1.74. The molecule has 66 valence electrons. The van der Waals surface area contributed by atoms with Crippen molar-refractivity contribution in [1.82, 2.24) is 0 Å². The zero-order chi connectivity index (χ0) is 8.97. The summed E-state index contributed by atoms with van der Waals surface area (Å²) in [6, 6.07) is 9.04. The van der Waals surface area contributed by atoms with Gasteiger partial charge in [-0.05, 0) is 18.9 Å². The summed E-state index contributed by atoms with van der Waals surface area (Å²) < 4.78 is 13.3. The van der Waals surface area contributed by atoms with Gasteiger partial charge in [0.25, 0.3) is 0 Å². The summed E-state index contributed by atoms with van der Waals surface area (Å²) in [7, 11) is 0. The molecule has 0 radical (unpaired) electrons. The van der Waals surface area contributed by atoms with Crippen molar-refractivity contribution in [1.29, 1.82) is 0 Å². The highest BCUT2D eigenvalue weighted by molar-refractivity contribution is 5.17. The molecular weight excluding hydrogens is 153 g/mol. The zero-order valence-electron chi connectivity index (χ0n) is 7.20. The van der Waals surface area contributed by atoms with Gasteiger partial charge in [0.15, 0.2) is 0 Å². The third-order valence-electron chi connectivity index (χ3n) is 1.74. The molecule has 1 rings (SSSR count). The van der Waals surface area contributed by atoms with Gasteiger partial charge in [-0.25, -0.2) is 4.39 Å². The first-order valence-corrected chi connectivity index (χ1v) is 4.14. The SMILES string of the molecule is CC(N)CC(F)c1ccccc1. The Hall–Kier alpha value is -0.890. The van der Waals surface area contributed by atoms with Crippen LogP contribution in [0.15, 0.2) is 30.3 Å². The average molecular weight is 167 g/mol. The first-order valence-electron chi connectivity index (χ1n) is 4.14. The number of rotatable bonds is 3. The third kappa shape index (κ3) is 2.62. The standard InChI is InChI=1S/C10H14FN/c1-8(12)7-10(11)9-5-3-2-4-6-9/h2-6,8,10H,7,12H2,1H3. The summed E-state index contributed by atoms with van der Waals surface area (Å²) in [6.45, 7) is 1.82. The van der Waals surface area contributed by atoms with Crippen molar-refractivity contribution >= 4 is 0 Å². The highest BCUT2D eigenvalue weighted by atomic mass is 19.1. The van der Waals surface area contributed by atoms with Gasteiger partial charge in [0.05, 0.1) is 0 Å². The van der Waals surface area contributed by atoms with E-state index < -0.39 is 6.17 Å². The molecule has 12 heavy (non-hydrogen) atoms. The van der Waals surface area contributed by atoms with Crippen LogP contribution < -0.4 is 5.73 Å². The largest absolute Gasteiger partial charge is 0.328 e. The molecule has 0 fully saturated rings. The average Bonchev–Trinajstić information content (AvgIpc) is 2.05. The second-order valence-electron chi connectivity index (χ2n) is 3.09. The number of hydrogen-bond acceptors (Lipinski definition) is 1. The van der Waals surface area contributed by atoms with Gasteiger partial charge in [0.2, 0.25) is 0 Å². The Morgan fingerprint density at radius 2 is 1.92 bits per heavy atom. The molecular formula is C10H14FN. The van der Waals surface area contributed by atoms with Crippen molar-refractivity contribution in [3.8, 4) is 0 Å².